The Morgan fingerprint density at radius 3 is 2.25 bits per heavy atom. The zero-order valence-electron chi connectivity index (χ0n) is 21.2. The molecular formula is C27H29F6N3O4. The number of β-amino-alcohol motifs (C(OH)–C–C–N with tert-alkyl or cyclic N) is 1. The molecule has 2 fully saturated rings. The van der Waals surface area contributed by atoms with E-state index in [2.05, 4.69) is 16.0 Å². The second-order valence-corrected chi connectivity index (χ2v) is 10.3. The first-order valence-electron chi connectivity index (χ1n) is 12.7. The molecule has 2 aliphatic rings. The van der Waals surface area contributed by atoms with Crippen molar-refractivity contribution in [2.75, 3.05) is 19.6 Å². The smallest absolute Gasteiger partial charge is 0.389 e. The zero-order valence-corrected chi connectivity index (χ0v) is 21.2. The van der Waals surface area contributed by atoms with Gasteiger partial charge in [0.15, 0.2) is 0 Å². The Bertz CT molecular complexity index is 1240. The second kappa shape index (κ2) is 11.0. The van der Waals surface area contributed by atoms with E-state index in [0.717, 1.165) is 18.2 Å². The quantitative estimate of drug-likeness (QED) is 0.341. The topological polar surface area (TPSA) is 111 Å². The summed E-state index contributed by atoms with van der Waals surface area (Å²) >= 11 is 0. The van der Waals surface area contributed by atoms with Crippen LogP contribution in [0.5, 0.6) is 0 Å². The van der Waals surface area contributed by atoms with E-state index in [4.69, 9.17) is 0 Å². The number of nitrogens with one attached hydrogen (secondary N) is 3. The summed E-state index contributed by atoms with van der Waals surface area (Å²) in [6.07, 6.45) is -10.1. The van der Waals surface area contributed by atoms with Crippen molar-refractivity contribution in [3.8, 4) is 0 Å². The average Bonchev–Trinajstić information content (AvgIpc) is 3.27. The molecule has 2 atom stereocenters. The van der Waals surface area contributed by atoms with Crippen LogP contribution in [0, 0.1) is 5.92 Å². The highest BCUT2D eigenvalue weighted by molar-refractivity contribution is 5.96. The van der Waals surface area contributed by atoms with Gasteiger partial charge in [-0.25, -0.2) is 0 Å². The van der Waals surface area contributed by atoms with Crippen LogP contribution in [0.4, 0.5) is 26.3 Å². The lowest BCUT2D eigenvalue weighted by molar-refractivity contribution is -0.142. The van der Waals surface area contributed by atoms with Crippen molar-refractivity contribution in [1.29, 1.82) is 0 Å². The van der Waals surface area contributed by atoms with Crippen LogP contribution in [-0.2, 0) is 22.7 Å². The van der Waals surface area contributed by atoms with Crippen LogP contribution in [0.3, 0.4) is 0 Å². The molecule has 218 valence electrons. The molecule has 5 N–H and O–H groups in total. The number of benzene rings is 2. The van der Waals surface area contributed by atoms with Crippen LogP contribution in [0.2, 0.25) is 0 Å². The number of aliphatic hydroxyl groups excluding tert-OH is 1. The molecule has 0 aromatic heterocycles. The van der Waals surface area contributed by atoms with Gasteiger partial charge in [0.05, 0.1) is 34.9 Å². The Morgan fingerprint density at radius 2 is 1.65 bits per heavy atom. The fourth-order valence-corrected chi connectivity index (χ4v) is 5.78. The Morgan fingerprint density at radius 1 is 0.975 bits per heavy atom. The van der Waals surface area contributed by atoms with E-state index in [9.17, 15) is 46.1 Å². The van der Waals surface area contributed by atoms with E-state index < -0.39 is 65.0 Å². The maximum Gasteiger partial charge on any atom is 0.416 e. The van der Waals surface area contributed by atoms with Gasteiger partial charge in [0.1, 0.15) is 0 Å². The first-order valence-corrected chi connectivity index (χ1v) is 12.7. The number of carbonyl (C=O) groups is 2. The Labute approximate surface area is 226 Å². The Balaban J connectivity index is 1.43. The van der Waals surface area contributed by atoms with E-state index in [-0.39, 0.29) is 49.9 Å². The third kappa shape index (κ3) is 6.11. The highest BCUT2D eigenvalue weighted by Crippen LogP contribution is 2.47. The van der Waals surface area contributed by atoms with Crippen LogP contribution in [-0.4, -0.2) is 53.3 Å². The van der Waals surface area contributed by atoms with Crippen LogP contribution in [0.1, 0.15) is 52.7 Å². The molecule has 0 bridgehead atoms. The lowest BCUT2D eigenvalue weighted by Gasteiger charge is -2.46. The molecule has 1 heterocycles. The minimum Gasteiger partial charge on any atom is -0.389 e. The number of amides is 2. The van der Waals surface area contributed by atoms with E-state index in [1.54, 1.807) is 0 Å². The first kappa shape index (κ1) is 29.8. The molecule has 40 heavy (non-hydrogen) atoms. The molecular weight excluding hydrogens is 544 g/mol. The lowest BCUT2D eigenvalue weighted by atomic mass is 9.66. The molecule has 2 aromatic rings. The minimum atomic E-state index is -4.65. The van der Waals surface area contributed by atoms with Gasteiger partial charge >= 0.3 is 12.4 Å². The summed E-state index contributed by atoms with van der Waals surface area (Å²) in [6, 6.07) is 8.57. The van der Waals surface area contributed by atoms with Crippen molar-refractivity contribution in [2.24, 2.45) is 5.92 Å². The molecule has 1 saturated heterocycles. The number of hydrogen-bond acceptors (Lipinski definition) is 5. The van der Waals surface area contributed by atoms with Gasteiger partial charge in [-0.1, -0.05) is 24.3 Å². The molecule has 1 aliphatic heterocycles. The van der Waals surface area contributed by atoms with Gasteiger partial charge in [-0.2, -0.15) is 26.3 Å². The molecule has 0 spiro atoms. The summed E-state index contributed by atoms with van der Waals surface area (Å²) in [6.45, 7) is -0.308. The molecule has 1 aliphatic carbocycles. The Kier molecular flexibility index (Phi) is 8.21. The molecule has 1 saturated carbocycles. The summed E-state index contributed by atoms with van der Waals surface area (Å²) in [5, 5.41) is 30.0. The molecule has 2 amide bonds. The molecule has 13 heteroatoms. The van der Waals surface area contributed by atoms with Crippen molar-refractivity contribution >= 4 is 11.8 Å². The fraction of sp³-hybridized carbons (Fsp3) is 0.481. The van der Waals surface area contributed by atoms with Gasteiger partial charge in [-0.3, -0.25) is 9.59 Å². The van der Waals surface area contributed by atoms with Crippen molar-refractivity contribution < 1.29 is 46.1 Å². The summed E-state index contributed by atoms with van der Waals surface area (Å²) in [5.41, 5.74) is -5.41. The van der Waals surface area contributed by atoms with Gasteiger partial charge in [-0.05, 0) is 61.4 Å². The van der Waals surface area contributed by atoms with Crippen molar-refractivity contribution in [3.63, 3.8) is 0 Å². The highest BCUT2D eigenvalue weighted by Gasteiger charge is 2.52. The molecule has 0 radical (unpaired) electrons. The summed E-state index contributed by atoms with van der Waals surface area (Å²) in [7, 11) is 0. The number of aliphatic hydroxyl groups is 2. The predicted molar refractivity (Wildman–Crippen MR) is 131 cm³/mol. The van der Waals surface area contributed by atoms with E-state index in [0.29, 0.717) is 6.07 Å². The van der Waals surface area contributed by atoms with Gasteiger partial charge in [-0.15, -0.1) is 0 Å². The maximum absolute atomic E-state index is 13.6. The van der Waals surface area contributed by atoms with Crippen LogP contribution < -0.4 is 16.0 Å². The summed E-state index contributed by atoms with van der Waals surface area (Å²) in [5.74, 6) is -2.02. The van der Waals surface area contributed by atoms with E-state index >= 15 is 0 Å². The van der Waals surface area contributed by atoms with Crippen molar-refractivity contribution in [3.05, 3.63) is 70.8 Å². The second-order valence-electron chi connectivity index (χ2n) is 10.3. The van der Waals surface area contributed by atoms with Gasteiger partial charge in [0, 0.05) is 18.7 Å². The minimum absolute atomic E-state index is 0.0403. The van der Waals surface area contributed by atoms with Crippen LogP contribution in [0.15, 0.2) is 48.5 Å². The number of halogens is 6. The number of carbonyl (C=O) groups excluding carboxylic acids is 2. The van der Waals surface area contributed by atoms with Crippen LogP contribution in [0.25, 0.3) is 0 Å². The third-order valence-corrected chi connectivity index (χ3v) is 7.86. The van der Waals surface area contributed by atoms with Crippen molar-refractivity contribution in [2.45, 2.75) is 55.3 Å². The molecule has 2 aromatic carbocycles. The molecule has 7 nitrogen and oxygen atoms in total. The SMILES string of the molecule is O=C(CNC(=O)c1cccc(C(F)(F)F)c1)N[C@@]1(C2CCC(O)(c3ccccc3C(F)(F)F)CC2)CNC[C@@H]1O. The summed E-state index contributed by atoms with van der Waals surface area (Å²) in [4.78, 5) is 25.2. The largest absolute Gasteiger partial charge is 0.416 e. The van der Waals surface area contributed by atoms with Gasteiger partial charge in [0.25, 0.3) is 5.91 Å². The first-order chi connectivity index (χ1) is 18.7. The van der Waals surface area contributed by atoms with Crippen LogP contribution >= 0.6 is 0 Å². The summed E-state index contributed by atoms with van der Waals surface area (Å²) < 4.78 is 79.6. The van der Waals surface area contributed by atoms with E-state index in [1.165, 1.54) is 24.3 Å². The zero-order chi connectivity index (χ0) is 29.3. The van der Waals surface area contributed by atoms with Crippen molar-refractivity contribution in [1.82, 2.24) is 16.0 Å². The standard InChI is InChI=1S/C27H29F6N3O4/c28-26(29,30)18-5-3-4-16(12-18)23(39)35-14-22(38)36-25(15-34-13-21(25)37)17-8-10-24(40,11-9-17)19-6-1-2-7-20(19)27(31,32)33/h1-7,12,17,21,34,37,40H,8-11,13-15H2,(H,35,39)(H,36,38)/t17?,21-,24?,25+/m0/s1. The predicted octanol–water partition coefficient (Wildman–Crippen LogP) is 3.35. The number of rotatable bonds is 6. The number of hydrogen-bond donors (Lipinski definition) is 5. The van der Waals surface area contributed by atoms with Gasteiger partial charge < -0.3 is 26.2 Å². The average molecular weight is 574 g/mol. The Hall–Kier alpha value is -3.16. The lowest BCUT2D eigenvalue weighted by Crippen LogP contribution is -2.63. The van der Waals surface area contributed by atoms with Gasteiger partial charge in [0.2, 0.25) is 5.91 Å². The molecule has 4 rings (SSSR count). The maximum atomic E-state index is 13.6. The monoisotopic (exact) mass is 573 g/mol. The van der Waals surface area contributed by atoms with E-state index in [1.807, 2.05) is 0 Å². The molecule has 0 unspecified atom stereocenters. The normalized spacial score (nSPS) is 27.3. The fourth-order valence-electron chi connectivity index (χ4n) is 5.78. The number of alkyl halides is 6. The highest BCUT2D eigenvalue weighted by atomic mass is 19.4. The third-order valence-electron chi connectivity index (χ3n) is 7.86.